The fraction of sp³-hybridized carbons (Fsp3) is 0.647. The molecule has 0 aliphatic carbocycles. The van der Waals surface area contributed by atoms with E-state index in [9.17, 15) is 0 Å². The van der Waals surface area contributed by atoms with E-state index in [2.05, 4.69) is 53.2 Å². The molecule has 0 spiro atoms. The normalized spacial score (nSPS) is 26.7. The van der Waals surface area contributed by atoms with Gasteiger partial charge >= 0.3 is 0 Å². The first-order chi connectivity index (χ1) is 9.65. The molecule has 2 aliphatic heterocycles. The van der Waals surface area contributed by atoms with Crippen LogP contribution in [0.5, 0.6) is 0 Å². The molecule has 1 aromatic rings. The second kappa shape index (κ2) is 6.99. The van der Waals surface area contributed by atoms with Gasteiger partial charge in [0.25, 0.3) is 0 Å². The van der Waals surface area contributed by atoms with Crippen molar-refractivity contribution in [3.05, 3.63) is 29.8 Å². The Morgan fingerprint density at radius 1 is 1.19 bits per heavy atom. The largest absolute Gasteiger partial charge is 0.369 e. The van der Waals surface area contributed by atoms with Crippen LogP contribution in [0.1, 0.15) is 18.9 Å². The number of aryl methyl sites for hydroxylation is 1. The third-order valence-corrected chi connectivity index (χ3v) is 4.80. The Labute approximate surface area is 135 Å². The highest BCUT2D eigenvalue weighted by atomic mass is 35.5. The molecule has 1 atom stereocenters. The minimum atomic E-state index is 0. The van der Waals surface area contributed by atoms with Crippen molar-refractivity contribution >= 4 is 18.1 Å². The molecule has 21 heavy (non-hydrogen) atoms. The van der Waals surface area contributed by atoms with Gasteiger partial charge in [0.2, 0.25) is 0 Å². The highest BCUT2D eigenvalue weighted by Gasteiger charge is 2.31. The van der Waals surface area contributed by atoms with E-state index in [1.165, 1.54) is 50.4 Å². The van der Waals surface area contributed by atoms with Crippen molar-refractivity contribution in [1.29, 1.82) is 0 Å². The summed E-state index contributed by atoms with van der Waals surface area (Å²) in [5.74, 6) is 0. The van der Waals surface area contributed by atoms with E-state index in [-0.39, 0.29) is 12.4 Å². The quantitative estimate of drug-likeness (QED) is 0.926. The van der Waals surface area contributed by atoms with Crippen LogP contribution in [-0.2, 0) is 0 Å². The van der Waals surface area contributed by atoms with Crippen LogP contribution in [0.4, 0.5) is 5.69 Å². The Bertz CT molecular complexity index is 449. The van der Waals surface area contributed by atoms with Crippen LogP contribution in [0.3, 0.4) is 0 Å². The van der Waals surface area contributed by atoms with Crippen LogP contribution in [0, 0.1) is 12.3 Å². The molecular formula is C17H28ClN3. The van der Waals surface area contributed by atoms with Crippen LogP contribution < -0.4 is 10.2 Å². The lowest BCUT2D eigenvalue weighted by Gasteiger charge is -2.39. The lowest BCUT2D eigenvalue weighted by atomic mass is 9.89. The van der Waals surface area contributed by atoms with Gasteiger partial charge in [-0.05, 0) is 43.0 Å². The highest BCUT2D eigenvalue weighted by molar-refractivity contribution is 5.85. The first-order valence-electron chi connectivity index (χ1n) is 7.89. The van der Waals surface area contributed by atoms with Gasteiger partial charge in [-0.25, -0.2) is 0 Å². The summed E-state index contributed by atoms with van der Waals surface area (Å²) in [4.78, 5) is 5.18. The zero-order valence-corrected chi connectivity index (χ0v) is 14.1. The summed E-state index contributed by atoms with van der Waals surface area (Å²) in [6.45, 7) is 13.0. The summed E-state index contributed by atoms with van der Waals surface area (Å²) in [5.41, 5.74) is 3.23. The van der Waals surface area contributed by atoms with Crippen molar-refractivity contribution < 1.29 is 0 Å². The summed E-state index contributed by atoms with van der Waals surface area (Å²) in [6.07, 6.45) is 1.32. The molecule has 0 aromatic heterocycles. The van der Waals surface area contributed by atoms with Crippen molar-refractivity contribution in [2.45, 2.75) is 20.3 Å². The zero-order chi connectivity index (χ0) is 14.0. The van der Waals surface area contributed by atoms with E-state index in [0.29, 0.717) is 5.41 Å². The predicted molar refractivity (Wildman–Crippen MR) is 92.7 cm³/mol. The number of hydrogen-bond donors (Lipinski definition) is 1. The molecule has 0 radical (unpaired) electrons. The van der Waals surface area contributed by atoms with Gasteiger partial charge < -0.3 is 10.2 Å². The molecule has 1 N–H and O–H groups in total. The SMILES string of the molecule is Cc1cccc(N2CCN(CC3(C)CCNC3)CC2)c1.Cl. The average molecular weight is 310 g/mol. The lowest BCUT2D eigenvalue weighted by Crippen LogP contribution is -2.49. The number of halogens is 1. The van der Waals surface area contributed by atoms with Crippen LogP contribution in [0.15, 0.2) is 24.3 Å². The van der Waals surface area contributed by atoms with E-state index >= 15 is 0 Å². The van der Waals surface area contributed by atoms with E-state index in [1.807, 2.05) is 0 Å². The molecule has 1 unspecified atom stereocenters. The molecule has 1 aromatic carbocycles. The summed E-state index contributed by atoms with van der Waals surface area (Å²) >= 11 is 0. The number of rotatable bonds is 3. The zero-order valence-electron chi connectivity index (χ0n) is 13.3. The number of piperazine rings is 1. The van der Waals surface area contributed by atoms with Crippen LogP contribution in [0.2, 0.25) is 0 Å². The lowest BCUT2D eigenvalue weighted by molar-refractivity contribution is 0.169. The average Bonchev–Trinajstić information content (AvgIpc) is 2.86. The molecule has 2 heterocycles. The molecule has 2 saturated heterocycles. The number of anilines is 1. The maximum Gasteiger partial charge on any atom is 0.0369 e. The standard InChI is InChI=1S/C17H27N3.ClH/c1-15-4-3-5-16(12-15)20-10-8-19(9-11-20)14-17(2)6-7-18-13-17;/h3-5,12,18H,6-11,13-14H2,1-2H3;1H. The summed E-state index contributed by atoms with van der Waals surface area (Å²) in [7, 11) is 0. The van der Waals surface area contributed by atoms with Gasteiger partial charge in [0.05, 0.1) is 0 Å². The van der Waals surface area contributed by atoms with Gasteiger partial charge in [-0.2, -0.15) is 0 Å². The van der Waals surface area contributed by atoms with E-state index in [0.717, 1.165) is 13.1 Å². The maximum atomic E-state index is 3.51. The Kier molecular flexibility index (Phi) is 5.53. The van der Waals surface area contributed by atoms with Crippen molar-refractivity contribution in [3.63, 3.8) is 0 Å². The summed E-state index contributed by atoms with van der Waals surface area (Å²) in [5, 5.41) is 3.51. The predicted octanol–water partition coefficient (Wildman–Crippen LogP) is 2.54. The Balaban J connectivity index is 0.00000161. The first-order valence-corrected chi connectivity index (χ1v) is 7.89. The topological polar surface area (TPSA) is 18.5 Å². The molecule has 118 valence electrons. The molecule has 0 amide bonds. The second-order valence-corrected chi connectivity index (χ2v) is 6.84. The number of nitrogens with zero attached hydrogens (tertiary/aromatic N) is 2. The van der Waals surface area contributed by atoms with Gasteiger partial charge in [0.1, 0.15) is 0 Å². The van der Waals surface area contributed by atoms with Crippen molar-refractivity contribution in [2.24, 2.45) is 5.41 Å². The first kappa shape index (κ1) is 16.6. The molecule has 4 heteroatoms. The monoisotopic (exact) mass is 309 g/mol. The molecular weight excluding hydrogens is 282 g/mol. The van der Waals surface area contributed by atoms with E-state index < -0.39 is 0 Å². The molecule has 0 bridgehead atoms. The van der Waals surface area contributed by atoms with E-state index in [1.54, 1.807) is 0 Å². The van der Waals surface area contributed by atoms with Crippen LogP contribution in [0.25, 0.3) is 0 Å². The van der Waals surface area contributed by atoms with Crippen molar-refractivity contribution in [1.82, 2.24) is 10.2 Å². The highest BCUT2D eigenvalue weighted by Crippen LogP contribution is 2.26. The van der Waals surface area contributed by atoms with Gasteiger partial charge in [0.15, 0.2) is 0 Å². The minimum Gasteiger partial charge on any atom is -0.369 e. The van der Waals surface area contributed by atoms with Crippen molar-refractivity contribution in [2.75, 3.05) is 50.7 Å². The number of nitrogens with one attached hydrogen (secondary N) is 1. The van der Waals surface area contributed by atoms with Crippen LogP contribution >= 0.6 is 12.4 Å². The Morgan fingerprint density at radius 3 is 2.57 bits per heavy atom. The molecule has 3 rings (SSSR count). The van der Waals surface area contributed by atoms with Crippen molar-refractivity contribution in [3.8, 4) is 0 Å². The maximum absolute atomic E-state index is 3.51. The minimum absolute atomic E-state index is 0. The van der Waals surface area contributed by atoms with Gasteiger partial charge in [0, 0.05) is 45.0 Å². The number of benzene rings is 1. The Morgan fingerprint density at radius 2 is 1.95 bits per heavy atom. The van der Waals surface area contributed by atoms with Gasteiger partial charge in [-0.3, -0.25) is 4.90 Å². The fourth-order valence-corrected chi connectivity index (χ4v) is 3.53. The smallest absolute Gasteiger partial charge is 0.0369 e. The second-order valence-electron chi connectivity index (χ2n) is 6.84. The number of hydrogen-bond acceptors (Lipinski definition) is 3. The van der Waals surface area contributed by atoms with Gasteiger partial charge in [-0.1, -0.05) is 19.1 Å². The summed E-state index contributed by atoms with van der Waals surface area (Å²) < 4.78 is 0. The molecule has 0 saturated carbocycles. The fourth-order valence-electron chi connectivity index (χ4n) is 3.53. The molecule has 2 aliphatic rings. The summed E-state index contributed by atoms with van der Waals surface area (Å²) in [6, 6.07) is 8.89. The third-order valence-electron chi connectivity index (χ3n) is 4.80. The van der Waals surface area contributed by atoms with Crippen LogP contribution in [-0.4, -0.2) is 50.7 Å². The molecule has 3 nitrogen and oxygen atoms in total. The van der Waals surface area contributed by atoms with Gasteiger partial charge in [-0.15, -0.1) is 12.4 Å². The third kappa shape index (κ3) is 4.12. The van der Waals surface area contributed by atoms with E-state index in [4.69, 9.17) is 0 Å². The Hall–Kier alpha value is -0.770. The molecule has 2 fully saturated rings.